The molecule has 0 saturated heterocycles. The summed E-state index contributed by atoms with van der Waals surface area (Å²) in [4.78, 5) is 10.4. The van der Waals surface area contributed by atoms with Crippen molar-refractivity contribution in [2.75, 3.05) is 19.0 Å². The van der Waals surface area contributed by atoms with Gasteiger partial charge < -0.3 is 14.8 Å². The fourth-order valence-electron chi connectivity index (χ4n) is 2.34. The molecular weight excluding hydrogens is 318 g/mol. The molecule has 0 amide bonds. The molecule has 1 aliphatic rings. The van der Waals surface area contributed by atoms with Crippen molar-refractivity contribution in [1.82, 2.24) is 10.2 Å². The second-order valence-corrected chi connectivity index (χ2v) is 5.36. The summed E-state index contributed by atoms with van der Waals surface area (Å²) < 4.78 is 10.6. The highest BCUT2D eigenvalue weighted by Crippen LogP contribution is 2.30. The summed E-state index contributed by atoms with van der Waals surface area (Å²) in [5, 5.41) is 9.77. The van der Waals surface area contributed by atoms with Crippen LogP contribution >= 0.6 is 0 Å². The molecule has 4 rings (SSSR count). The Kier molecular flexibility index (Phi) is 5.31. The van der Waals surface area contributed by atoms with E-state index in [0.29, 0.717) is 18.1 Å². The first-order valence-corrected chi connectivity index (χ1v) is 7.91. The van der Waals surface area contributed by atoms with Gasteiger partial charge in [0.15, 0.2) is 23.9 Å². The zero-order chi connectivity index (χ0) is 17.5. The van der Waals surface area contributed by atoms with E-state index >= 15 is 0 Å². The summed E-state index contributed by atoms with van der Waals surface area (Å²) in [5.41, 5.74) is 3.41. The van der Waals surface area contributed by atoms with E-state index in [-0.39, 0.29) is 0 Å². The SMILES string of the molecule is CNc1ccc(-c2cn[nH]c2)cc1.O=CC1COc2ccccc2O1. The summed E-state index contributed by atoms with van der Waals surface area (Å²) in [7, 11) is 1.91. The number of rotatable bonds is 3. The standard InChI is InChI=1S/C10H11N3.C9H8O3/c1-11-10-4-2-8(3-5-10)9-6-12-13-7-9;10-5-7-6-11-8-3-1-2-4-9(8)12-7/h2-7,11H,1H3,(H,12,13);1-5,7H,6H2. The molecule has 2 heterocycles. The summed E-state index contributed by atoms with van der Waals surface area (Å²) in [6, 6.07) is 15.5. The lowest BCUT2D eigenvalue weighted by Crippen LogP contribution is -2.30. The van der Waals surface area contributed by atoms with Crippen LogP contribution in [0.3, 0.4) is 0 Å². The van der Waals surface area contributed by atoms with Crippen molar-refractivity contribution >= 4 is 12.0 Å². The highest BCUT2D eigenvalue weighted by atomic mass is 16.6. The Morgan fingerprint density at radius 1 is 1.12 bits per heavy atom. The average molecular weight is 337 g/mol. The summed E-state index contributed by atoms with van der Waals surface area (Å²) in [6.07, 6.45) is 3.98. The van der Waals surface area contributed by atoms with E-state index in [1.807, 2.05) is 49.8 Å². The number of nitrogens with one attached hydrogen (secondary N) is 2. The number of aromatic amines is 1. The van der Waals surface area contributed by atoms with E-state index in [4.69, 9.17) is 9.47 Å². The van der Waals surface area contributed by atoms with Crippen LogP contribution in [0.15, 0.2) is 60.9 Å². The van der Waals surface area contributed by atoms with Gasteiger partial charge in [0.25, 0.3) is 0 Å². The molecule has 1 aliphatic heterocycles. The van der Waals surface area contributed by atoms with Crippen molar-refractivity contribution in [1.29, 1.82) is 0 Å². The predicted octanol–water partition coefficient (Wildman–Crippen LogP) is 3.14. The first-order valence-electron chi connectivity index (χ1n) is 7.91. The smallest absolute Gasteiger partial charge is 0.187 e. The van der Waals surface area contributed by atoms with Crippen LogP contribution in [0.1, 0.15) is 0 Å². The minimum absolute atomic E-state index is 0.306. The number of carbonyl (C=O) groups excluding carboxylic acids is 1. The Labute approximate surface area is 145 Å². The third kappa shape index (κ3) is 4.17. The summed E-state index contributed by atoms with van der Waals surface area (Å²) in [6.45, 7) is 0.306. The lowest BCUT2D eigenvalue weighted by Gasteiger charge is -2.22. The minimum atomic E-state index is -0.458. The molecule has 1 atom stereocenters. The van der Waals surface area contributed by atoms with Gasteiger partial charge in [-0.15, -0.1) is 0 Å². The maximum Gasteiger partial charge on any atom is 0.187 e. The molecule has 6 nitrogen and oxygen atoms in total. The zero-order valence-electron chi connectivity index (χ0n) is 13.8. The normalized spacial score (nSPS) is 14.8. The van der Waals surface area contributed by atoms with Crippen molar-refractivity contribution in [3.8, 4) is 22.6 Å². The van der Waals surface area contributed by atoms with Crippen LogP contribution in [-0.2, 0) is 4.79 Å². The Hall–Kier alpha value is -3.28. The maximum absolute atomic E-state index is 10.4. The molecule has 128 valence electrons. The van der Waals surface area contributed by atoms with Gasteiger partial charge in [-0.2, -0.15) is 5.10 Å². The highest BCUT2D eigenvalue weighted by Gasteiger charge is 2.18. The number of aldehydes is 1. The number of H-pyrrole nitrogens is 1. The van der Waals surface area contributed by atoms with E-state index in [1.54, 1.807) is 6.07 Å². The van der Waals surface area contributed by atoms with E-state index in [0.717, 1.165) is 17.5 Å². The van der Waals surface area contributed by atoms with Crippen molar-refractivity contribution in [2.24, 2.45) is 0 Å². The molecular formula is C19H19N3O3. The zero-order valence-corrected chi connectivity index (χ0v) is 13.8. The summed E-state index contributed by atoms with van der Waals surface area (Å²) in [5.74, 6) is 1.34. The second kappa shape index (κ2) is 8.01. The summed E-state index contributed by atoms with van der Waals surface area (Å²) >= 11 is 0. The van der Waals surface area contributed by atoms with Crippen molar-refractivity contribution < 1.29 is 14.3 Å². The molecule has 2 aromatic carbocycles. The van der Waals surface area contributed by atoms with Gasteiger partial charge in [-0.25, -0.2) is 0 Å². The molecule has 0 saturated carbocycles. The van der Waals surface area contributed by atoms with Gasteiger partial charge >= 0.3 is 0 Å². The Morgan fingerprint density at radius 2 is 1.88 bits per heavy atom. The van der Waals surface area contributed by atoms with Gasteiger partial charge in [-0.3, -0.25) is 9.89 Å². The molecule has 3 aromatic rings. The van der Waals surface area contributed by atoms with Crippen LogP contribution in [0.4, 0.5) is 5.69 Å². The predicted molar refractivity (Wildman–Crippen MR) is 96.0 cm³/mol. The van der Waals surface area contributed by atoms with Crippen LogP contribution in [0, 0.1) is 0 Å². The molecule has 0 spiro atoms. The number of carbonyl (C=O) groups is 1. The lowest BCUT2D eigenvalue weighted by molar-refractivity contribution is -0.115. The van der Waals surface area contributed by atoms with Gasteiger partial charge in [0.2, 0.25) is 0 Å². The van der Waals surface area contributed by atoms with E-state index < -0.39 is 6.10 Å². The van der Waals surface area contributed by atoms with Crippen LogP contribution < -0.4 is 14.8 Å². The topological polar surface area (TPSA) is 76.2 Å². The maximum atomic E-state index is 10.4. The first kappa shape index (κ1) is 16.6. The van der Waals surface area contributed by atoms with Gasteiger partial charge in [0.05, 0.1) is 6.20 Å². The molecule has 0 radical (unpaired) electrons. The van der Waals surface area contributed by atoms with Gasteiger partial charge in [0.1, 0.15) is 6.61 Å². The Morgan fingerprint density at radius 3 is 2.52 bits per heavy atom. The number of ether oxygens (including phenoxy) is 2. The van der Waals surface area contributed by atoms with E-state index in [2.05, 4.69) is 27.6 Å². The van der Waals surface area contributed by atoms with Crippen molar-refractivity contribution in [3.63, 3.8) is 0 Å². The number of aromatic nitrogens is 2. The molecule has 0 aliphatic carbocycles. The van der Waals surface area contributed by atoms with Crippen molar-refractivity contribution in [3.05, 3.63) is 60.9 Å². The fraction of sp³-hybridized carbons (Fsp3) is 0.158. The Balaban J connectivity index is 0.000000146. The fourth-order valence-corrected chi connectivity index (χ4v) is 2.34. The van der Waals surface area contributed by atoms with Crippen LogP contribution in [-0.4, -0.2) is 36.2 Å². The van der Waals surface area contributed by atoms with E-state index in [1.165, 1.54) is 5.56 Å². The first-order chi connectivity index (χ1) is 12.3. The monoisotopic (exact) mass is 337 g/mol. The number of anilines is 1. The number of fused-ring (bicyclic) bond motifs is 1. The van der Waals surface area contributed by atoms with Crippen LogP contribution in [0.5, 0.6) is 11.5 Å². The molecule has 0 bridgehead atoms. The van der Waals surface area contributed by atoms with Gasteiger partial charge in [-0.05, 0) is 29.8 Å². The number of nitrogens with zero attached hydrogens (tertiary/aromatic N) is 1. The largest absolute Gasteiger partial charge is 0.485 e. The van der Waals surface area contributed by atoms with Crippen LogP contribution in [0.25, 0.3) is 11.1 Å². The number of para-hydroxylation sites is 2. The number of hydrogen-bond acceptors (Lipinski definition) is 5. The second-order valence-electron chi connectivity index (χ2n) is 5.36. The van der Waals surface area contributed by atoms with Gasteiger partial charge in [-0.1, -0.05) is 24.3 Å². The minimum Gasteiger partial charge on any atom is -0.485 e. The molecule has 6 heteroatoms. The molecule has 1 unspecified atom stereocenters. The van der Waals surface area contributed by atoms with Gasteiger partial charge in [0, 0.05) is 24.5 Å². The highest BCUT2D eigenvalue weighted by molar-refractivity contribution is 5.64. The quantitative estimate of drug-likeness (QED) is 0.718. The number of hydrogen-bond donors (Lipinski definition) is 2. The van der Waals surface area contributed by atoms with Crippen LogP contribution in [0.2, 0.25) is 0 Å². The molecule has 25 heavy (non-hydrogen) atoms. The lowest BCUT2D eigenvalue weighted by atomic mass is 10.1. The Bertz CT molecular complexity index is 801. The third-order valence-electron chi connectivity index (χ3n) is 3.69. The number of benzene rings is 2. The third-order valence-corrected chi connectivity index (χ3v) is 3.69. The average Bonchev–Trinajstić information content (AvgIpc) is 3.23. The molecule has 1 aromatic heterocycles. The van der Waals surface area contributed by atoms with E-state index in [9.17, 15) is 4.79 Å². The van der Waals surface area contributed by atoms with Crippen molar-refractivity contribution in [2.45, 2.75) is 6.10 Å². The molecule has 2 N–H and O–H groups in total. The molecule has 0 fully saturated rings.